The molecule has 0 saturated carbocycles. The molecule has 0 unspecified atom stereocenters. The highest BCUT2D eigenvalue weighted by Gasteiger charge is 2.15. The molecule has 1 aliphatic rings. The molecule has 5 nitrogen and oxygen atoms in total. The maximum absolute atomic E-state index is 13.0. The second kappa shape index (κ2) is 8.02. The van der Waals surface area contributed by atoms with E-state index in [1.807, 2.05) is 11.6 Å². The molecule has 0 amide bonds. The van der Waals surface area contributed by atoms with Gasteiger partial charge in [-0.05, 0) is 42.9 Å². The fourth-order valence-corrected chi connectivity index (χ4v) is 3.75. The van der Waals surface area contributed by atoms with E-state index in [1.165, 1.54) is 12.1 Å². The predicted molar refractivity (Wildman–Crippen MR) is 109 cm³/mol. The lowest BCUT2D eigenvalue weighted by Gasteiger charge is -2.33. The predicted octanol–water partition coefficient (Wildman–Crippen LogP) is 3.71. The first-order chi connectivity index (χ1) is 13.2. The number of nitrogens with zero attached hydrogens (tertiary/aromatic N) is 4. The molecule has 27 heavy (non-hydrogen) atoms. The zero-order valence-electron chi connectivity index (χ0n) is 15.2. The standard InChI is InChI=1S/C20H22FN5S/c1-25-8-10-26(11-9-25)19-7-2-15(12-22-19)13-23-20-24-18(14-27-20)16-3-5-17(21)6-4-16/h2-7,12,14H,8-11,13H2,1H3,(H,23,24). The van der Waals surface area contributed by atoms with Gasteiger partial charge in [0, 0.05) is 49.9 Å². The summed E-state index contributed by atoms with van der Waals surface area (Å²) in [4.78, 5) is 13.9. The van der Waals surface area contributed by atoms with Crippen LogP contribution in [-0.4, -0.2) is 48.1 Å². The minimum atomic E-state index is -0.236. The largest absolute Gasteiger partial charge is 0.357 e. The van der Waals surface area contributed by atoms with Crippen molar-refractivity contribution in [1.29, 1.82) is 0 Å². The van der Waals surface area contributed by atoms with Gasteiger partial charge in [0.1, 0.15) is 11.6 Å². The molecule has 0 spiro atoms. The molecule has 3 heterocycles. The van der Waals surface area contributed by atoms with E-state index in [9.17, 15) is 4.39 Å². The van der Waals surface area contributed by atoms with Gasteiger partial charge in [0.2, 0.25) is 0 Å². The summed E-state index contributed by atoms with van der Waals surface area (Å²) in [5.74, 6) is 0.805. The van der Waals surface area contributed by atoms with Crippen molar-refractivity contribution in [1.82, 2.24) is 14.9 Å². The highest BCUT2D eigenvalue weighted by atomic mass is 32.1. The van der Waals surface area contributed by atoms with Gasteiger partial charge in [0.25, 0.3) is 0 Å². The molecule has 0 aliphatic carbocycles. The molecular weight excluding hydrogens is 361 g/mol. The lowest BCUT2D eigenvalue weighted by molar-refractivity contribution is 0.312. The average Bonchev–Trinajstić information content (AvgIpc) is 3.17. The molecule has 3 aromatic rings. The number of piperazine rings is 1. The molecular formula is C20H22FN5S. The molecule has 1 saturated heterocycles. The Hall–Kier alpha value is -2.51. The van der Waals surface area contributed by atoms with Crippen molar-refractivity contribution < 1.29 is 4.39 Å². The van der Waals surface area contributed by atoms with Crippen LogP contribution in [0.5, 0.6) is 0 Å². The van der Waals surface area contributed by atoms with E-state index in [2.05, 4.69) is 44.3 Å². The van der Waals surface area contributed by atoms with Crippen LogP contribution in [0.3, 0.4) is 0 Å². The maximum atomic E-state index is 13.0. The number of halogens is 1. The van der Waals surface area contributed by atoms with E-state index in [0.29, 0.717) is 6.54 Å². The smallest absolute Gasteiger partial charge is 0.183 e. The summed E-state index contributed by atoms with van der Waals surface area (Å²) in [6.45, 7) is 4.86. The molecule has 140 valence electrons. The van der Waals surface area contributed by atoms with E-state index >= 15 is 0 Å². The first kappa shape index (κ1) is 17.9. The second-order valence-electron chi connectivity index (χ2n) is 6.71. The number of hydrogen-bond acceptors (Lipinski definition) is 6. The zero-order valence-corrected chi connectivity index (χ0v) is 16.0. The van der Waals surface area contributed by atoms with Gasteiger partial charge < -0.3 is 15.1 Å². The third kappa shape index (κ3) is 4.43. The Kier molecular flexibility index (Phi) is 5.31. The van der Waals surface area contributed by atoms with Crippen LogP contribution < -0.4 is 10.2 Å². The number of pyridine rings is 1. The summed E-state index contributed by atoms with van der Waals surface area (Å²) in [6, 6.07) is 10.6. The van der Waals surface area contributed by atoms with Gasteiger partial charge in [0.15, 0.2) is 5.13 Å². The second-order valence-corrected chi connectivity index (χ2v) is 7.57. The topological polar surface area (TPSA) is 44.3 Å². The Morgan fingerprint density at radius 2 is 1.85 bits per heavy atom. The molecule has 0 bridgehead atoms. The maximum Gasteiger partial charge on any atom is 0.183 e. The SMILES string of the molecule is CN1CCN(c2ccc(CNc3nc(-c4ccc(F)cc4)cs3)cn2)CC1. The average molecular weight is 383 g/mol. The van der Waals surface area contributed by atoms with E-state index < -0.39 is 0 Å². The molecule has 1 fully saturated rings. The summed E-state index contributed by atoms with van der Waals surface area (Å²) in [5, 5.41) is 6.16. The molecule has 4 rings (SSSR count). The Bertz CT molecular complexity index is 870. The van der Waals surface area contributed by atoms with Crippen molar-refractivity contribution in [3.8, 4) is 11.3 Å². The van der Waals surface area contributed by atoms with E-state index in [4.69, 9.17) is 0 Å². The van der Waals surface area contributed by atoms with Crippen LogP contribution in [0.15, 0.2) is 48.0 Å². The Labute approximate surface area is 162 Å². The van der Waals surface area contributed by atoms with Gasteiger partial charge in [-0.1, -0.05) is 6.07 Å². The lowest BCUT2D eigenvalue weighted by Crippen LogP contribution is -2.44. The van der Waals surface area contributed by atoms with Gasteiger partial charge in [-0.3, -0.25) is 0 Å². The summed E-state index contributed by atoms with van der Waals surface area (Å²) >= 11 is 1.54. The third-order valence-electron chi connectivity index (χ3n) is 4.72. The highest BCUT2D eigenvalue weighted by molar-refractivity contribution is 7.14. The monoisotopic (exact) mass is 383 g/mol. The van der Waals surface area contributed by atoms with E-state index in [-0.39, 0.29) is 5.82 Å². The number of hydrogen-bond donors (Lipinski definition) is 1. The van der Waals surface area contributed by atoms with Crippen molar-refractivity contribution in [2.24, 2.45) is 0 Å². The Morgan fingerprint density at radius 1 is 1.07 bits per heavy atom. The summed E-state index contributed by atoms with van der Waals surface area (Å²) < 4.78 is 13.0. The molecule has 2 aromatic heterocycles. The van der Waals surface area contributed by atoms with Gasteiger partial charge in [-0.25, -0.2) is 14.4 Å². The number of thiazole rings is 1. The van der Waals surface area contributed by atoms with Crippen molar-refractivity contribution in [2.45, 2.75) is 6.54 Å². The lowest BCUT2D eigenvalue weighted by atomic mass is 10.2. The molecule has 1 aromatic carbocycles. The Balaban J connectivity index is 1.34. The fourth-order valence-electron chi connectivity index (χ4n) is 3.03. The molecule has 7 heteroatoms. The first-order valence-electron chi connectivity index (χ1n) is 9.01. The number of nitrogens with one attached hydrogen (secondary N) is 1. The molecule has 1 N–H and O–H groups in total. The van der Waals surface area contributed by atoms with Gasteiger partial charge in [0.05, 0.1) is 5.69 Å². The Morgan fingerprint density at radius 3 is 2.56 bits per heavy atom. The van der Waals surface area contributed by atoms with Crippen molar-refractivity contribution >= 4 is 22.3 Å². The van der Waals surface area contributed by atoms with Gasteiger partial charge >= 0.3 is 0 Å². The molecule has 0 radical (unpaired) electrons. The minimum absolute atomic E-state index is 0.236. The quantitative estimate of drug-likeness (QED) is 0.728. The van der Waals surface area contributed by atoms with Crippen LogP contribution in [0.2, 0.25) is 0 Å². The van der Waals surface area contributed by atoms with Crippen LogP contribution >= 0.6 is 11.3 Å². The minimum Gasteiger partial charge on any atom is -0.357 e. The van der Waals surface area contributed by atoms with Crippen molar-refractivity contribution in [3.63, 3.8) is 0 Å². The first-order valence-corrected chi connectivity index (χ1v) is 9.89. The van der Waals surface area contributed by atoms with Crippen molar-refractivity contribution in [3.05, 3.63) is 59.4 Å². The van der Waals surface area contributed by atoms with Crippen LogP contribution in [0.25, 0.3) is 11.3 Å². The fraction of sp³-hybridized carbons (Fsp3) is 0.300. The highest BCUT2D eigenvalue weighted by Crippen LogP contribution is 2.25. The number of aromatic nitrogens is 2. The summed E-state index contributed by atoms with van der Waals surface area (Å²) in [6.07, 6.45) is 1.93. The van der Waals surface area contributed by atoms with E-state index in [0.717, 1.165) is 53.9 Å². The number of benzene rings is 1. The zero-order chi connectivity index (χ0) is 18.6. The molecule has 1 aliphatic heterocycles. The van der Waals surface area contributed by atoms with Crippen LogP contribution in [0.1, 0.15) is 5.56 Å². The van der Waals surface area contributed by atoms with Gasteiger partial charge in [-0.2, -0.15) is 0 Å². The van der Waals surface area contributed by atoms with E-state index in [1.54, 1.807) is 23.5 Å². The van der Waals surface area contributed by atoms with Gasteiger partial charge in [-0.15, -0.1) is 11.3 Å². The number of rotatable bonds is 5. The van der Waals surface area contributed by atoms with Crippen LogP contribution in [0.4, 0.5) is 15.3 Å². The van der Waals surface area contributed by atoms with Crippen LogP contribution in [-0.2, 0) is 6.54 Å². The molecule has 0 atom stereocenters. The summed E-state index contributed by atoms with van der Waals surface area (Å²) in [5.41, 5.74) is 2.89. The van der Waals surface area contributed by atoms with Crippen LogP contribution in [0, 0.1) is 5.82 Å². The number of likely N-dealkylation sites (N-methyl/N-ethyl adjacent to an activating group) is 1. The third-order valence-corrected chi connectivity index (χ3v) is 5.52. The number of anilines is 2. The normalized spacial score (nSPS) is 15.1. The van der Waals surface area contributed by atoms with Crippen molar-refractivity contribution in [2.75, 3.05) is 43.4 Å². The summed E-state index contributed by atoms with van der Waals surface area (Å²) in [7, 11) is 2.15.